The maximum absolute atomic E-state index is 12.4. The first-order valence-electron chi connectivity index (χ1n) is 8.48. The van der Waals surface area contributed by atoms with Crippen LogP contribution in [-0.2, 0) is 9.53 Å². The molecule has 0 aliphatic rings. The highest BCUT2D eigenvalue weighted by atomic mass is 16.6. The molecule has 1 aromatic heterocycles. The number of amides is 1. The summed E-state index contributed by atoms with van der Waals surface area (Å²) in [5, 5.41) is 3.46. The summed E-state index contributed by atoms with van der Waals surface area (Å²) in [6.07, 6.45) is -1.04. The summed E-state index contributed by atoms with van der Waals surface area (Å²) in [6.45, 7) is 4.68. The lowest BCUT2D eigenvalue weighted by Gasteiger charge is -2.13. The molecular weight excluding hydrogens is 346 g/mol. The molecule has 1 heterocycles. The second kappa shape index (κ2) is 7.45. The van der Waals surface area contributed by atoms with E-state index < -0.39 is 18.0 Å². The Morgan fingerprint density at radius 1 is 1.07 bits per heavy atom. The van der Waals surface area contributed by atoms with Crippen molar-refractivity contribution in [3.8, 4) is 0 Å². The monoisotopic (exact) mass is 365 g/mol. The normalized spacial score (nSPS) is 11.8. The second-order valence-electron chi connectivity index (χ2n) is 6.23. The SMILES string of the molecule is CC(=O)c1cccc(NC(=O)[C@H](C)OC(=O)c2oc3ccccc3c2C)c1. The van der Waals surface area contributed by atoms with E-state index in [1.54, 1.807) is 37.3 Å². The zero-order valence-electron chi connectivity index (χ0n) is 15.2. The lowest BCUT2D eigenvalue weighted by Crippen LogP contribution is -2.30. The van der Waals surface area contributed by atoms with E-state index in [1.807, 2.05) is 18.2 Å². The Morgan fingerprint density at radius 2 is 1.81 bits per heavy atom. The fourth-order valence-electron chi connectivity index (χ4n) is 2.70. The van der Waals surface area contributed by atoms with Crippen LogP contribution in [0.1, 0.15) is 40.3 Å². The minimum atomic E-state index is -1.04. The molecular formula is C21H19NO5. The van der Waals surface area contributed by atoms with Gasteiger partial charge in [0.25, 0.3) is 5.91 Å². The van der Waals surface area contributed by atoms with Crippen LogP contribution in [0, 0.1) is 6.92 Å². The van der Waals surface area contributed by atoms with Gasteiger partial charge in [-0.1, -0.05) is 30.3 Å². The van der Waals surface area contributed by atoms with Gasteiger partial charge in [0.2, 0.25) is 5.76 Å². The van der Waals surface area contributed by atoms with Crippen LogP contribution >= 0.6 is 0 Å². The van der Waals surface area contributed by atoms with Crippen LogP contribution in [0.2, 0.25) is 0 Å². The number of ether oxygens (including phenoxy) is 1. The largest absolute Gasteiger partial charge is 0.449 e. The van der Waals surface area contributed by atoms with E-state index >= 15 is 0 Å². The van der Waals surface area contributed by atoms with Crippen LogP contribution in [0.5, 0.6) is 0 Å². The van der Waals surface area contributed by atoms with E-state index in [9.17, 15) is 14.4 Å². The molecule has 2 aromatic carbocycles. The van der Waals surface area contributed by atoms with Gasteiger partial charge >= 0.3 is 5.97 Å². The molecule has 0 saturated heterocycles. The van der Waals surface area contributed by atoms with Crippen LogP contribution < -0.4 is 5.32 Å². The standard InChI is InChI=1S/C21H19NO5/c1-12-17-9-4-5-10-18(17)27-19(12)21(25)26-14(3)20(24)22-16-8-6-7-15(11-16)13(2)23/h4-11,14H,1-3H3,(H,22,24)/t14-/m0/s1. The number of carbonyl (C=O) groups is 3. The number of esters is 1. The number of hydrogen-bond donors (Lipinski definition) is 1. The van der Waals surface area contributed by atoms with Crippen molar-refractivity contribution in [1.82, 2.24) is 0 Å². The molecule has 1 atom stereocenters. The quantitative estimate of drug-likeness (QED) is 0.543. The first-order valence-corrected chi connectivity index (χ1v) is 8.48. The Morgan fingerprint density at radius 3 is 2.52 bits per heavy atom. The van der Waals surface area contributed by atoms with Crippen molar-refractivity contribution in [1.29, 1.82) is 0 Å². The number of Topliss-reactive ketones (excluding diaryl/α,β-unsaturated/α-hetero) is 1. The van der Waals surface area contributed by atoms with Crippen LogP contribution in [0.4, 0.5) is 5.69 Å². The topological polar surface area (TPSA) is 85.6 Å². The Balaban J connectivity index is 1.70. The molecule has 1 N–H and O–H groups in total. The summed E-state index contributed by atoms with van der Waals surface area (Å²) in [4.78, 5) is 36.2. The highest BCUT2D eigenvalue weighted by molar-refractivity contribution is 6.00. The summed E-state index contributed by atoms with van der Waals surface area (Å²) in [5.74, 6) is -1.23. The molecule has 6 nitrogen and oxygen atoms in total. The zero-order valence-corrected chi connectivity index (χ0v) is 15.2. The Bertz CT molecular complexity index is 1030. The summed E-state index contributed by atoms with van der Waals surface area (Å²) < 4.78 is 10.8. The Kier molecular flexibility index (Phi) is 5.07. The summed E-state index contributed by atoms with van der Waals surface area (Å²) in [7, 11) is 0. The summed E-state index contributed by atoms with van der Waals surface area (Å²) >= 11 is 0. The van der Waals surface area contributed by atoms with Crippen molar-refractivity contribution in [3.63, 3.8) is 0 Å². The number of hydrogen-bond acceptors (Lipinski definition) is 5. The number of anilines is 1. The van der Waals surface area contributed by atoms with E-state index in [4.69, 9.17) is 9.15 Å². The lowest BCUT2D eigenvalue weighted by molar-refractivity contribution is -0.123. The number of rotatable bonds is 5. The first-order chi connectivity index (χ1) is 12.9. The third kappa shape index (κ3) is 3.89. The molecule has 0 spiro atoms. The number of para-hydroxylation sites is 1. The van der Waals surface area contributed by atoms with E-state index in [0.29, 0.717) is 22.4 Å². The van der Waals surface area contributed by atoms with Gasteiger partial charge in [-0.2, -0.15) is 0 Å². The van der Waals surface area contributed by atoms with Crippen LogP contribution in [0.25, 0.3) is 11.0 Å². The van der Waals surface area contributed by atoms with Crippen molar-refractivity contribution in [3.05, 3.63) is 65.4 Å². The second-order valence-corrected chi connectivity index (χ2v) is 6.23. The van der Waals surface area contributed by atoms with Gasteiger partial charge in [-0.15, -0.1) is 0 Å². The van der Waals surface area contributed by atoms with E-state index in [0.717, 1.165) is 5.39 Å². The number of benzene rings is 2. The van der Waals surface area contributed by atoms with E-state index in [-0.39, 0.29) is 11.5 Å². The molecule has 3 aromatic rings. The van der Waals surface area contributed by atoms with Crippen molar-refractivity contribution in [2.45, 2.75) is 26.9 Å². The third-order valence-electron chi connectivity index (χ3n) is 4.22. The molecule has 27 heavy (non-hydrogen) atoms. The van der Waals surface area contributed by atoms with E-state index in [1.165, 1.54) is 13.8 Å². The van der Waals surface area contributed by atoms with Crippen molar-refractivity contribution in [2.24, 2.45) is 0 Å². The summed E-state index contributed by atoms with van der Waals surface area (Å²) in [6, 6.07) is 13.8. The van der Waals surface area contributed by atoms with Gasteiger partial charge in [0.1, 0.15) is 5.58 Å². The molecule has 0 bridgehead atoms. The van der Waals surface area contributed by atoms with Gasteiger partial charge < -0.3 is 14.5 Å². The molecule has 0 unspecified atom stereocenters. The van der Waals surface area contributed by atoms with Crippen LogP contribution in [-0.4, -0.2) is 23.8 Å². The van der Waals surface area contributed by atoms with Crippen LogP contribution in [0.3, 0.4) is 0 Å². The first kappa shape index (κ1) is 18.4. The molecule has 1 amide bonds. The number of carbonyl (C=O) groups excluding carboxylic acids is 3. The summed E-state index contributed by atoms with van der Waals surface area (Å²) in [5.41, 5.74) is 2.18. The van der Waals surface area contributed by atoms with Crippen molar-refractivity contribution >= 4 is 34.3 Å². The predicted octanol–water partition coefficient (Wildman–Crippen LogP) is 4.13. The third-order valence-corrected chi connectivity index (χ3v) is 4.22. The zero-order chi connectivity index (χ0) is 19.6. The highest BCUT2D eigenvalue weighted by Gasteiger charge is 2.24. The minimum absolute atomic E-state index is 0.0782. The van der Waals surface area contributed by atoms with Gasteiger partial charge in [0.05, 0.1) is 0 Å². The van der Waals surface area contributed by atoms with Crippen molar-refractivity contribution in [2.75, 3.05) is 5.32 Å². The van der Waals surface area contributed by atoms with Crippen LogP contribution in [0.15, 0.2) is 52.9 Å². The smallest absolute Gasteiger partial charge is 0.375 e. The molecule has 0 saturated carbocycles. The van der Waals surface area contributed by atoms with Gasteiger partial charge in [0, 0.05) is 22.2 Å². The molecule has 6 heteroatoms. The number of furan rings is 1. The number of aryl methyl sites for hydroxylation is 1. The minimum Gasteiger partial charge on any atom is -0.449 e. The molecule has 0 radical (unpaired) electrons. The van der Waals surface area contributed by atoms with E-state index in [2.05, 4.69) is 5.32 Å². The lowest BCUT2D eigenvalue weighted by atomic mass is 10.1. The molecule has 138 valence electrons. The molecule has 0 aliphatic carbocycles. The maximum atomic E-state index is 12.4. The number of ketones is 1. The van der Waals surface area contributed by atoms with Gasteiger partial charge in [-0.05, 0) is 39.0 Å². The highest BCUT2D eigenvalue weighted by Crippen LogP contribution is 2.25. The van der Waals surface area contributed by atoms with Gasteiger partial charge in [0.15, 0.2) is 11.9 Å². The number of nitrogens with one attached hydrogen (secondary N) is 1. The Labute approximate surface area is 156 Å². The van der Waals surface area contributed by atoms with Gasteiger partial charge in [-0.25, -0.2) is 4.79 Å². The van der Waals surface area contributed by atoms with Gasteiger partial charge in [-0.3, -0.25) is 9.59 Å². The number of fused-ring (bicyclic) bond motifs is 1. The maximum Gasteiger partial charge on any atom is 0.375 e. The molecule has 0 aliphatic heterocycles. The average Bonchev–Trinajstić information content (AvgIpc) is 2.99. The fraction of sp³-hybridized carbons (Fsp3) is 0.190. The Hall–Kier alpha value is -3.41. The predicted molar refractivity (Wildman–Crippen MR) is 101 cm³/mol. The fourth-order valence-corrected chi connectivity index (χ4v) is 2.70. The molecule has 0 fully saturated rings. The van der Waals surface area contributed by atoms with Crippen molar-refractivity contribution < 1.29 is 23.5 Å². The molecule has 3 rings (SSSR count). The average molecular weight is 365 g/mol.